The molecule has 0 atom stereocenters. The summed E-state index contributed by atoms with van der Waals surface area (Å²) in [5.41, 5.74) is 1.59. The number of carbonyl (C=O) groups is 1. The first-order chi connectivity index (χ1) is 14.3. The van der Waals surface area contributed by atoms with Crippen molar-refractivity contribution < 1.29 is 4.79 Å². The van der Waals surface area contributed by atoms with Crippen molar-refractivity contribution in [1.29, 1.82) is 0 Å². The maximum Gasteiger partial charge on any atom is 0.252 e. The van der Waals surface area contributed by atoms with Gasteiger partial charge in [0.15, 0.2) is 5.82 Å². The van der Waals surface area contributed by atoms with E-state index in [0.717, 1.165) is 40.6 Å². The Morgan fingerprint density at radius 3 is 2.45 bits per heavy atom. The van der Waals surface area contributed by atoms with Gasteiger partial charge >= 0.3 is 0 Å². The van der Waals surface area contributed by atoms with Crippen LogP contribution in [0.25, 0.3) is 21.7 Å². The fourth-order valence-corrected chi connectivity index (χ4v) is 4.03. The predicted molar refractivity (Wildman–Crippen MR) is 116 cm³/mol. The van der Waals surface area contributed by atoms with E-state index in [1.54, 1.807) is 0 Å². The van der Waals surface area contributed by atoms with E-state index < -0.39 is 0 Å². The molecular formula is C24H22N4O. The van der Waals surface area contributed by atoms with Crippen LogP contribution in [0.3, 0.4) is 0 Å². The highest BCUT2D eigenvalue weighted by atomic mass is 16.1. The molecule has 4 aromatic rings. The topological polar surface area (TPSA) is 58.1 Å². The molecule has 1 fully saturated rings. The minimum Gasteiger partial charge on any atom is -0.356 e. The molecule has 3 aromatic carbocycles. The maximum atomic E-state index is 12.9. The normalized spacial score (nSPS) is 13.9. The van der Waals surface area contributed by atoms with Crippen LogP contribution in [-0.4, -0.2) is 29.0 Å². The maximum absolute atomic E-state index is 12.9. The van der Waals surface area contributed by atoms with Gasteiger partial charge in [-0.05, 0) is 41.8 Å². The van der Waals surface area contributed by atoms with Crippen molar-refractivity contribution in [3.05, 3.63) is 78.1 Å². The Morgan fingerprint density at radius 2 is 1.59 bits per heavy atom. The number of amides is 1. The van der Waals surface area contributed by atoms with Gasteiger partial charge in [0, 0.05) is 24.0 Å². The van der Waals surface area contributed by atoms with E-state index in [9.17, 15) is 4.79 Å². The van der Waals surface area contributed by atoms with E-state index in [2.05, 4.69) is 21.3 Å². The lowest BCUT2D eigenvalue weighted by Gasteiger charge is -2.19. The Morgan fingerprint density at radius 1 is 0.862 bits per heavy atom. The first-order valence-corrected chi connectivity index (χ1v) is 10.1. The molecule has 1 N–H and O–H groups in total. The number of nitrogens with one attached hydrogen (secondary N) is 1. The summed E-state index contributed by atoms with van der Waals surface area (Å²) in [5, 5.41) is 6.08. The Hall–Kier alpha value is -3.47. The number of hydrogen-bond acceptors (Lipinski definition) is 4. The van der Waals surface area contributed by atoms with Crippen LogP contribution in [0.1, 0.15) is 29.0 Å². The van der Waals surface area contributed by atoms with Crippen molar-refractivity contribution >= 4 is 33.4 Å². The third-order valence-corrected chi connectivity index (χ3v) is 5.48. The smallest absolute Gasteiger partial charge is 0.252 e. The molecule has 1 saturated heterocycles. The average Bonchev–Trinajstić information content (AvgIpc) is 3.31. The number of aromatic nitrogens is 2. The molecule has 0 unspecified atom stereocenters. The second-order valence-electron chi connectivity index (χ2n) is 7.38. The van der Waals surface area contributed by atoms with Gasteiger partial charge in [-0.2, -0.15) is 0 Å². The van der Waals surface area contributed by atoms with Crippen molar-refractivity contribution in [3.63, 3.8) is 0 Å². The number of nitrogens with zero attached hydrogens (tertiary/aromatic N) is 3. The molecular weight excluding hydrogens is 360 g/mol. The number of para-hydroxylation sites is 1. The molecule has 1 aliphatic heterocycles. The number of fused-ring (bicyclic) bond motifs is 2. The van der Waals surface area contributed by atoms with Crippen molar-refractivity contribution in [2.45, 2.75) is 19.4 Å². The Bertz CT molecular complexity index is 1190. The summed E-state index contributed by atoms with van der Waals surface area (Å²) in [6.07, 6.45) is 2.37. The summed E-state index contributed by atoms with van der Waals surface area (Å²) in [4.78, 5) is 24.7. The summed E-state index contributed by atoms with van der Waals surface area (Å²) >= 11 is 0. The fourth-order valence-electron chi connectivity index (χ4n) is 4.03. The highest BCUT2D eigenvalue weighted by Gasteiger charge is 2.18. The zero-order valence-electron chi connectivity index (χ0n) is 16.1. The van der Waals surface area contributed by atoms with Crippen LogP contribution >= 0.6 is 0 Å². The van der Waals surface area contributed by atoms with Crippen LogP contribution in [0.5, 0.6) is 0 Å². The van der Waals surface area contributed by atoms with E-state index in [-0.39, 0.29) is 5.91 Å². The summed E-state index contributed by atoms with van der Waals surface area (Å²) in [5.74, 6) is 1.50. The molecule has 0 radical (unpaired) electrons. The van der Waals surface area contributed by atoms with Gasteiger partial charge in [0.2, 0.25) is 0 Å². The number of rotatable bonds is 4. The van der Waals surface area contributed by atoms with Crippen LogP contribution in [0.2, 0.25) is 0 Å². The Balaban J connectivity index is 1.44. The molecule has 1 aromatic heterocycles. The average molecular weight is 382 g/mol. The largest absolute Gasteiger partial charge is 0.356 e. The third kappa shape index (κ3) is 3.40. The van der Waals surface area contributed by atoms with Crippen LogP contribution in [0, 0.1) is 0 Å². The lowest BCUT2D eigenvalue weighted by Crippen LogP contribution is -2.25. The zero-order valence-corrected chi connectivity index (χ0v) is 16.1. The summed E-state index contributed by atoms with van der Waals surface area (Å²) < 4.78 is 0. The van der Waals surface area contributed by atoms with E-state index in [1.807, 2.05) is 60.7 Å². The van der Waals surface area contributed by atoms with Gasteiger partial charge in [0.05, 0.1) is 12.1 Å². The van der Waals surface area contributed by atoms with Gasteiger partial charge in [-0.25, -0.2) is 9.97 Å². The minimum absolute atomic E-state index is 0.110. The van der Waals surface area contributed by atoms with Crippen LogP contribution in [-0.2, 0) is 6.54 Å². The first-order valence-electron chi connectivity index (χ1n) is 10.1. The zero-order chi connectivity index (χ0) is 19.6. The van der Waals surface area contributed by atoms with Gasteiger partial charge in [-0.1, -0.05) is 48.5 Å². The number of hydrogen-bond donors (Lipinski definition) is 1. The Kier molecular flexibility index (Phi) is 4.56. The molecule has 5 rings (SSSR count). The highest BCUT2D eigenvalue weighted by molar-refractivity contribution is 6.07. The third-order valence-electron chi connectivity index (χ3n) is 5.48. The molecule has 0 saturated carbocycles. The van der Waals surface area contributed by atoms with E-state index in [0.29, 0.717) is 17.9 Å². The quantitative estimate of drug-likeness (QED) is 0.571. The first kappa shape index (κ1) is 17.6. The second-order valence-corrected chi connectivity index (χ2v) is 7.38. The lowest BCUT2D eigenvalue weighted by atomic mass is 10.0. The van der Waals surface area contributed by atoms with E-state index in [4.69, 9.17) is 4.98 Å². The van der Waals surface area contributed by atoms with Crippen molar-refractivity contribution in [3.8, 4) is 0 Å². The molecule has 5 heteroatoms. The van der Waals surface area contributed by atoms with Crippen LogP contribution in [0.15, 0.2) is 66.7 Å². The van der Waals surface area contributed by atoms with Gasteiger partial charge < -0.3 is 10.2 Å². The molecule has 29 heavy (non-hydrogen) atoms. The number of carbonyl (C=O) groups excluding carboxylic acids is 1. The van der Waals surface area contributed by atoms with Crippen molar-refractivity contribution in [1.82, 2.24) is 15.3 Å². The molecule has 0 spiro atoms. The van der Waals surface area contributed by atoms with Crippen molar-refractivity contribution in [2.24, 2.45) is 0 Å². The Labute approximate surface area is 169 Å². The van der Waals surface area contributed by atoms with Gasteiger partial charge in [-0.15, -0.1) is 0 Å². The van der Waals surface area contributed by atoms with Crippen LogP contribution < -0.4 is 10.2 Å². The number of benzene rings is 3. The second kappa shape index (κ2) is 7.51. The summed E-state index contributed by atoms with van der Waals surface area (Å²) in [6, 6.07) is 21.8. The summed E-state index contributed by atoms with van der Waals surface area (Å²) in [7, 11) is 0. The molecule has 144 valence electrons. The SMILES string of the molecule is O=C(NCc1nc(N2CCCC2)c2ccccc2n1)c1cccc2ccccc12. The van der Waals surface area contributed by atoms with Gasteiger partial charge in [-0.3, -0.25) is 4.79 Å². The monoisotopic (exact) mass is 382 g/mol. The molecule has 0 bridgehead atoms. The van der Waals surface area contributed by atoms with Gasteiger partial charge in [0.1, 0.15) is 5.82 Å². The van der Waals surface area contributed by atoms with Crippen LogP contribution in [0.4, 0.5) is 5.82 Å². The number of anilines is 1. The predicted octanol–water partition coefficient (Wildman–Crippen LogP) is 4.31. The summed E-state index contributed by atoms with van der Waals surface area (Å²) in [6.45, 7) is 2.33. The molecule has 1 amide bonds. The fraction of sp³-hybridized carbons (Fsp3) is 0.208. The standard InChI is InChI=1S/C24H22N4O/c29-24(19-12-7-9-17-8-1-2-10-18(17)19)25-16-22-26-21-13-4-3-11-20(21)23(27-22)28-14-5-6-15-28/h1-4,7-13H,5-6,14-16H2,(H,25,29). The van der Waals surface area contributed by atoms with Crippen molar-refractivity contribution in [2.75, 3.05) is 18.0 Å². The minimum atomic E-state index is -0.110. The molecule has 5 nitrogen and oxygen atoms in total. The van der Waals surface area contributed by atoms with E-state index >= 15 is 0 Å². The molecule has 1 aliphatic rings. The lowest BCUT2D eigenvalue weighted by molar-refractivity contribution is 0.0951. The van der Waals surface area contributed by atoms with E-state index in [1.165, 1.54) is 12.8 Å². The molecule has 2 heterocycles. The molecule has 0 aliphatic carbocycles. The highest BCUT2D eigenvalue weighted by Crippen LogP contribution is 2.26. The van der Waals surface area contributed by atoms with Gasteiger partial charge in [0.25, 0.3) is 5.91 Å².